The topological polar surface area (TPSA) is 18.5 Å². The van der Waals surface area contributed by atoms with Gasteiger partial charge < -0.3 is 10.2 Å². The summed E-state index contributed by atoms with van der Waals surface area (Å²) in [6, 6.07) is 5.44. The van der Waals surface area contributed by atoms with E-state index in [9.17, 15) is 0 Å². The first-order valence-electron chi connectivity index (χ1n) is 7.51. The summed E-state index contributed by atoms with van der Waals surface area (Å²) in [6.45, 7) is 7.13. The third-order valence-corrected chi connectivity index (χ3v) is 5.12. The molecule has 0 bridgehead atoms. The van der Waals surface area contributed by atoms with Gasteiger partial charge in [-0.3, -0.25) is 4.90 Å². The van der Waals surface area contributed by atoms with E-state index in [1.165, 1.54) is 55.2 Å². The molecule has 1 aliphatic carbocycles. The summed E-state index contributed by atoms with van der Waals surface area (Å²) in [5.74, 6) is 0. The molecule has 0 amide bonds. The highest BCUT2D eigenvalue weighted by molar-refractivity contribution is 7.11. The number of thiophene rings is 1. The van der Waals surface area contributed by atoms with Crippen molar-refractivity contribution in [2.45, 2.75) is 38.4 Å². The van der Waals surface area contributed by atoms with Crippen LogP contribution < -0.4 is 5.32 Å². The van der Waals surface area contributed by atoms with Gasteiger partial charge in [0.1, 0.15) is 0 Å². The zero-order valence-electron chi connectivity index (χ0n) is 11.9. The van der Waals surface area contributed by atoms with Crippen LogP contribution in [0.3, 0.4) is 0 Å². The second kappa shape index (κ2) is 6.35. The Morgan fingerprint density at radius 1 is 1.16 bits per heavy atom. The Kier molecular flexibility index (Phi) is 4.53. The minimum atomic E-state index is 0.812. The predicted molar refractivity (Wildman–Crippen MR) is 81.6 cm³/mol. The maximum absolute atomic E-state index is 3.60. The summed E-state index contributed by atoms with van der Waals surface area (Å²) in [5, 5.41) is 3.60. The van der Waals surface area contributed by atoms with Crippen LogP contribution in [0.25, 0.3) is 0 Å². The van der Waals surface area contributed by atoms with Crippen molar-refractivity contribution in [3.8, 4) is 0 Å². The Hall–Kier alpha value is -0.420. The number of likely N-dealkylation sites (N-methyl/N-ethyl adjacent to an activating group) is 1. The van der Waals surface area contributed by atoms with E-state index in [-0.39, 0.29) is 0 Å². The molecule has 0 atom stereocenters. The smallest absolute Gasteiger partial charge is 0.0328 e. The molecule has 2 heterocycles. The molecule has 1 aromatic heterocycles. The molecule has 0 radical (unpaired) electrons. The largest absolute Gasteiger partial charge is 0.309 e. The minimum Gasteiger partial charge on any atom is -0.309 e. The lowest BCUT2D eigenvalue weighted by atomic mass is 10.3. The summed E-state index contributed by atoms with van der Waals surface area (Å²) < 4.78 is 0. The lowest BCUT2D eigenvalue weighted by molar-refractivity contribution is 0.271. The van der Waals surface area contributed by atoms with Crippen LogP contribution in [0.15, 0.2) is 12.1 Å². The van der Waals surface area contributed by atoms with Crippen molar-refractivity contribution in [2.24, 2.45) is 0 Å². The van der Waals surface area contributed by atoms with E-state index in [2.05, 4.69) is 34.3 Å². The highest BCUT2D eigenvalue weighted by Crippen LogP contribution is 2.22. The summed E-state index contributed by atoms with van der Waals surface area (Å²) in [5.41, 5.74) is 0. The first-order chi connectivity index (χ1) is 9.29. The molecule has 1 N–H and O–H groups in total. The third kappa shape index (κ3) is 4.28. The molecule has 106 valence electrons. The molecule has 3 nitrogen and oxygen atoms in total. The quantitative estimate of drug-likeness (QED) is 0.891. The van der Waals surface area contributed by atoms with Crippen LogP contribution in [0.2, 0.25) is 0 Å². The highest BCUT2D eigenvalue weighted by Gasteiger charge is 2.20. The van der Waals surface area contributed by atoms with Crippen molar-refractivity contribution in [2.75, 3.05) is 33.2 Å². The highest BCUT2D eigenvalue weighted by atomic mass is 32.1. The van der Waals surface area contributed by atoms with E-state index >= 15 is 0 Å². The van der Waals surface area contributed by atoms with E-state index in [1.807, 2.05) is 11.3 Å². The number of hydrogen-bond acceptors (Lipinski definition) is 4. The van der Waals surface area contributed by atoms with Crippen molar-refractivity contribution >= 4 is 11.3 Å². The maximum atomic E-state index is 3.60. The van der Waals surface area contributed by atoms with Gasteiger partial charge in [0, 0.05) is 42.0 Å². The molecule has 2 fully saturated rings. The predicted octanol–water partition coefficient (Wildman–Crippen LogP) is 2.14. The molecule has 1 aromatic rings. The van der Waals surface area contributed by atoms with Gasteiger partial charge in [-0.15, -0.1) is 11.3 Å². The Morgan fingerprint density at radius 2 is 2.00 bits per heavy atom. The Bertz CT molecular complexity index is 400. The molecule has 1 saturated heterocycles. The van der Waals surface area contributed by atoms with Crippen LogP contribution in [0.4, 0.5) is 0 Å². The van der Waals surface area contributed by atoms with E-state index in [0.717, 1.165) is 19.1 Å². The fourth-order valence-electron chi connectivity index (χ4n) is 2.61. The molecular weight excluding hydrogens is 254 g/mol. The van der Waals surface area contributed by atoms with Crippen LogP contribution in [0, 0.1) is 0 Å². The second-order valence-electron chi connectivity index (χ2n) is 5.96. The molecule has 3 rings (SSSR count). The normalized spacial score (nSPS) is 22.6. The fourth-order valence-corrected chi connectivity index (χ4v) is 3.62. The molecular formula is C15H25N3S. The van der Waals surface area contributed by atoms with E-state index in [0.29, 0.717) is 0 Å². The van der Waals surface area contributed by atoms with Gasteiger partial charge in [-0.25, -0.2) is 0 Å². The van der Waals surface area contributed by atoms with Gasteiger partial charge in [0.2, 0.25) is 0 Å². The van der Waals surface area contributed by atoms with E-state index < -0.39 is 0 Å². The van der Waals surface area contributed by atoms with Crippen LogP contribution >= 0.6 is 11.3 Å². The van der Waals surface area contributed by atoms with E-state index in [1.54, 1.807) is 0 Å². The molecule has 0 unspecified atom stereocenters. The Morgan fingerprint density at radius 3 is 2.84 bits per heavy atom. The molecule has 0 spiro atoms. The van der Waals surface area contributed by atoms with Crippen molar-refractivity contribution in [1.82, 2.24) is 15.1 Å². The third-order valence-electron chi connectivity index (χ3n) is 4.05. The van der Waals surface area contributed by atoms with Gasteiger partial charge in [0.15, 0.2) is 0 Å². The molecule has 2 aliphatic rings. The Labute approximate surface area is 120 Å². The van der Waals surface area contributed by atoms with Crippen molar-refractivity contribution in [3.63, 3.8) is 0 Å². The second-order valence-corrected chi connectivity index (χ2v) is 7.21. The van der Waals surface area contributed by atoms with Crippen molar-refractivity contribution in [3.05, 3.63) is 21.9 Å². The standard InChI is InChI=1S/C15H25N3S/c1-17-7-2-8-18(10-9-17)12-15-6-5-14(19-15)11-16-13-3-4-13/h5-6,13,16H,2-4,7-12H2,1H3. The number of rotatable bonds is 5. The van der Waals surface area contributed by atoms with E-state index in [4.69, 9.17) is 0 Å². The summed E-state index contributed by atoms with van der Waals surface area (Å²) in [7, 11) is 2.23. The van der Waals surface area contributed by atoms with Crippen molar-refractivity contribution < 1.29 is 0 Å². The van der Waals surface area contributed by atoms with Gasteiger partial charge in [-0.2, -0.15) is 0 Å². The van der Waals surface area contributed by atoms with Gasteiger partial charge >= 0.3 is 0 Å². The van der Waals surface area contributed by atoms with Crippen LogP contribution in [0.5, 0.6) is 0 Å². The van der Waals surface area contributed by atoms with Crippen LogP contribution in [-0.4, -0.2) is 49.1 Å². The zero-order chi connectivity index (χ0) is 13.1. The van der Waals surface area contributed by atoms with Gasteiger partial charge in [0.25, 0.3) is 0 Å². The zero-order valence-corrected chi connectivity index (χ0v) is 12.7. The van der Waals surface area contributed by atoms with Crippen LogP contribution in [0.1, 0.15) is 29.0 Å². The average molecular weight is 279 g/mol. The number of nitrogens with one attached hydrogen (secondary N) is 1. The average Bonchev–Trinajstić information content (AvgIpc) is 3.16. The SMILES string of the molecule is CN1CCCN(Cc2ccc(CNC3CC3)s2)CC1. The molecule has 0 aromatic carbocycles. The first-order valence-corrected chi connectivity index (χ1v) is 8.33. The number of hydrogen-bond donors (Lipinski definition) is 1. The van der Waals surface area contributed by atoms with Gasteiger partial charge in [-0.05, 0) is 51.5 Å². The maximum Gasteiger partial charge on any atom is 0.0328 e. The summed E-state index contributed by atoms with van der Waals surface area (Å²) >= 11 is 1.99. The monoisotopic (exact) mass is 279 g/mol. The molecule has 1 aliphatic heterocycles. The Balaban J connectivity index is 1.48. The lowest BCUT2D eigenvalue weighted by Crippen LogP contribution is -2.28. The molecule has 4 heteroatoms. The summed E-state index contributed by atoms with van der Waals surface area (Å²) in [4.78, 5) is 8.07. The van der Waals surface area contributed by atoms with Crippen LogP contribution in [-0.2, 0) is 13.1 Å². The lowest BCUT2D eigenvalue weighted by Gasteiger charge is -2.18. The number of nitrogens with zero attached hydrogens (tertiary/aromatic N) is 2. The minimum absolute atomic E-state index is 0.812. The molecule has 1 saturated carbocycles. The van der Waals surface area contributed by atoms with Gasteiger partial charge in [0.05, 0.1) is 0 Å². The fraction of sp³-hybridized carbons (Fsp3) is 0.733. The van der Waals surface area contributed by atoms with Crippen molar-refractivity contribution in [1.29, 1.82) is 0 Å². The van der Waals surface area contributed by atoms with Gasteiger partial charge in [-0.1, -0.05) is 0 Å². The summed E-state index contributed by atoms with van der Waals surface area (Å²) in [6.07, 6.45) is 4.05. The molecule has 19 heavy (non-hydrogen) atoms. The first kappa shape index (κ1) is 13.6.